The van der Waals surface area contributed by atoms with E-state index in [-0.39, 0.29) is 6.03 Å². The first-order chi connectivity index (χ1) is 12.7. The van der Waals surface area contributed by atoms with Crippen molar-refractivity contribution >= 4 is 28.2 Å². The van der Waals surface area contributed by atoms with Crippen LogP contribution in [0.15, 0.2) is 35.8 Å². The molecule has 1 fully saturated rings. The van der Waals surface area contributed by atoms with Gasteiger partial charge in [0.25, 0.3) is 0 Å². The van der Waals surface area contributed by atoms with E-state index in [1.807, 2.05) is 16.5 Å². The highest BCUT2D eigenvalue weighted by atomic mass is 32.1. The predicted octanol–water partition coefficient (Wildman–Crippen LogP) is 2.81. The number of nitrogens with one attached hydrogen (secondary N) is 1. The Morgan fingerprint density at radius 3 is 2.69 bits per heavy atom. The van der Waals surface area contributed by atoms with Crippen LogP contribution in [-0.2, 0) is 0 Å². The summed E-state index contributed by atoms with van der Waals surface area (Å²) < 4.78 is 0. The molecule has 2 amide bonds. The number of thiazole rings is 1. The summed E-state index contributed by atoms with van der Waals surface area (Å²) in [5.41, 5.74) is 2.50. The van der Waals surface area contributed by atoms with Gasteiger partial charge in [-0.1, -0.05) is 18.2 Å². The topological polar surface area (TPSA) is 51.7 Å². The molecule has 0 atom stereocenters. The Morgan fingerprint density at radius 2 is 2.04 bits per heavy atom. The van der Waals surface area contributed by atoms with Gasteiger partial charge in [-0.05, 0) is 25.5 Å². The molecule has 1 saturated heterocycles. The average molecular weight is 374 g/mol. The van der Waals surface area contributed by atoms with Crippen LogP contribution >= 0.6 is 11.3 Å². The highest BCUT2D eigenvalue weighted by Gasteiger charge is 2.22. The lowest BCUT2D eigenvalue weighted by molar-refractivity contribution is 0.194. The number of hydrogen-bond donors (Lipinski definition) is 1. The summed E-state index contributed by atoms with van der Waals surface area (Å²) in [4.78, 5) is 23.2. The molecule has 1 aliphatic heterocycles. The van der Waals surface area contributed by atoms with E-state index in [2.05, 4.69) is 58.2 Å². The van der Waals surface area contributed by atoms with E-state index in [1.165, 1.54) is 11.3 Å². The predicted molar refractivity (Wildman–Crippen MR) is 108 cm³/mol. The molecule has 0 radical (unpaired) electrons. The number of amides is 2. The molecule has 0 saturated carbocycles. The number of carbonyl (C=O) groups is 1. The normalized spacial score (nSPS) is 14.4. The number of likely N-dealkylation sites (N-methyl/N-ethyl adjacent to an activating group) is 1. The number of piperazine rings is 1. The zero-order chi connectivity index (χ0) is 18.4. The lowest BCUT2D eigenvalue weighted by atomic mass is 10.2. The number of hydrogen-bond acceptors (Lipinski definition) is 5. The van der Waals surface area contributed by atoms with Crippen molar-refractivity contribution in [2.75, 3.05) is 55.6 Å². The lowest BCUT2D eigenvalue weighted by Gasteiger charge is -2.34. The van der Waals surface area contributed by atoms with Gasteiger partial charge in [0, 0.05) is 63.1 Å². The van der Waals surface area contributed by atoms with E-state index < -0.39 is 0 Å². The standard InChI is InChI=1S/C19H27N5OS/c1-3-22(17-7-5-4-6-16(17)2)10-8-20-18(25)23-11-13-24(14-12-23)19-21-9-15-26-19/h4-7,9,15H,3,8,10-14H2,1-2H3,(H,20,25). The van der Waals surface area contributed by atoms with Crippen molar-refractivity contribution < 1.29 is 4.79 Å². The Kier molecular flexibility index (Phi) is 6.33. The van der Waals surface area contributed by atoms with Gasteiger partial charge in [0.05, 0.1) is 0 Å². The summed E-state index contributed by atoms with van der Waals surface area (Å²) in [6.45, 7) is 9.80. The van der Waals surface area contributed by atoms with Crippen molar-refractivity contribution in [2.24, 2.45) is 0 Å². The molecule has 26 heavy (non-hydrogen) atoms. The number of anilines is 2. The van der Waals surface area contributed by atoms with E-state index >= 15 is 0 Å². The second-order valence-electron chi connectivity index (χ2n) is 6.39. The molecule has 0 unspecified atom stereocenters. The molecule has 6 nitrogen and oxygen atoms in total. The second-order valence-corrected chi connectivity index (χ2v) is 7.26. The van der Waals surface area contributed by atoms with Gasteiger partial charge in [0.1, 0.15) is 0 Å². The molecule has 2 aromatic rings. The zero-order valence-corrected chi connectivity index (χ0v) is 16.3. The third-order valence-electron chi connectivity index (χ3n) is 4.75. The molecular formula is C19H27N5OS. The summed E-state index contributed by atoms with van der Waals surface area (Å²) in [6, 6.07) is 8.41. The SMILES string of the molecule is CCN(CCNC(=O)N1CCN(c2nccs2)CC1)c1ccccc1C. The van der Waals surface area contributed by atoms with Crippen molar-refractivity contribution in [3.05, 3.63) is 41.4 Å². The maximum absolute atomic E-state index is 12.4. The van der Waals surface area contributed by atoms with Gasteiger partial charge in [0.15, 0.2) is 5.13 Å². The Hall–Kier alpha value is -2.28. The highest BCUT2D eigenvalue weighted by Crippen LogP contribution is 2.19. The Balaban J connectivity index is 1.43. The Labute approximate surface area is 159 Å². The van der Waals surface area contributed by atoms with Crippen molar-refractivity contribution in [1.82, 2.24) is 15.2 Å². The van der Waals surface area contributed by atoms with Crippen LogP contribution in [0.2, 0.25) is 0 Å². The van der Waals surface area contributed by atoms with Crippen LogP contribution in [0.1, 0.15) is 12.5 Å². The third kappa shape index (κ3) is 4.46. The molecule has 0 aliphatic carbocycles. The molecule has 0 bridgehead atoms. The Morgan fingerprint density at radius 1 is 1.27 bits per heavy atom. The van der Waals surface area contributed by atoms with Crippen LogP contribution in [0.5, 0.6) is 0 Å². The summed E-state index contributed by atoms with van der Waals surface area (Å²) >= 11 is 1.65. The molecule has 1 aromatic carbocycles. The van der Waals surface area contributed by atoms with Crippen molar-refractivity contribution in [1.29, 1.82) is 0 Å². The maximum atomic E-state index is 12.4. The summed E-state index contributed by atoms with van der Waals surface area (Å²) in [5.74, 6) is 0. The smallest absolute Gasteiger partial charge is 0.317 e. The highest BCUT2D eigenvalue weighted by molar-refractivity contribution is 7.13. The molecule has 3 rings (SSSR count). The number of benzene rings is 1. The lowest BCUT2D eigenvalue weighted by Crippen LogP contribution is -2.52. The maximum Gasteiger partial charge on any atom is 0.317 e. The molecule has 7 heteroatoms. The number of para-hydroxylation sites is 1. The fraction of sp³-hybridized carbons (Fsp3) is 0.474. The van der Waals surface area contributed by atoms with Crippen molar-refractivity contribution in [2.45, 2.75) is 13.8 Å². The van der Waals surface area contributed by atoms with Crippen molar-refractivity contribution in [3.8, 4) is 0 Å². The average Bonchev–Trinajstić information content (AvgIpc) is 3.21. The number of urea groups is 1. The van der Waals surface area contributed by atoms with E-state index in [1.54, 1.807) is 11.3 Å². The first-order valence-electron chi connectivity index (χ1n) is 9.17. The fourth-order valence-electron chi connectivity index (χ4n) is 3.25. The molecule has 2 heterocycles. The van der Waals surface area contributed by atoms with Crippen LogP contribution in [0.3, 0.4) is 0 Å². The summed E-state index contributed by atoms with van der Waals surface area (Å²) in [5, 5.41) is 6.10. The number of rotatable bonds is 6. The number of carbonyl (C=O) groups excluding carboxylic acids is 1. The van der Waals surface area contributed by atoms with Gasteiger partial charge in [-0.2, -0.15) is 0 Å². The first kappa shape index (κ1) is 18.5. The van der Waals surface area contributed by atoms with Crippen LogP contribution in [0.4, 0.5) is 15.6 Å². The third-order valence-corrected chi connectivity index (χ3v) is 5.58. The van der Waals surface area contributed by atoms with Crippen LogP contribution < -0.4 is 15.1 Å². The minimum absolute atomic E-state index is 0.0321. The van der Waals surface area contributed by atoms with Gasteiger partial charge in [-0.25, -0.2) is 9.78 Å². The minimum Gasteiger partial charge on any atom is -0.370 e. The quantitative estimate of drug-likeness (QED) is 0.846. The van der Waals surface area contributed by atoms with Gasteiger partial charge in [-0.3, -0.25) is 0 Å². The largest absolute Gasteiger partial charge is 0.370 e. The molecule has 1 N–H and O–H groups in total. The molecular weight excluding hydrogens is 346 g/mol. The fourth-order valence-corrected chi connectivity index (χ4v) is 3.95. The number of aryl methyl sites for hydroxylation is 1. The minimum atomic E-state index is 0.0321. The summed E-state index contributed by atoms with van der Waals surface area (Å²) in [6.07, 6.45) is 1.83. The van der Waals surface area contributed by atoms with E-state index in [0.29, 0.717) is 6.54 Å². The Bertz CT molecular complexity index is 698. The van der Waals surface area contributed by atoms with E-state index in [4.69, 9.17) is 0 Å². The van der Waals surface area contributed by atoms with E-state index in [9.17, 15) is 4.79 Å². The summed E-state index contributed by atoms with van der Waals surface area (Å²) in [7, 11) is 0. The molecule has 1 aromatic heterocycles. The zero-order valence-electron chi connectivity index (χ0n) is 15.5. The molecule has 140 valence electrons. The van der Waals surface area contributed by atoms with Crippen LogP contribution in [0.25, 0.3) is 0 Å². The van der Waals surface area contributed by atoms with Crippen molar-refractivity contribution in [3.63, 3.8) is 0 Å². The molecule has 0 spiro atoms. The number of aromatic nitrogens is 1. The van der Waals surface area contributed by atoms with Crippen LogP contribution in [-0.4, -0.2) is 61.7 Å². The van der Waals surface area contributed by atoms with Gasteiger partial charge < -0.3 is 20.0 Å². The first-order valence-corrected chi connectivity index (χ1v) is 10.0. The van der Waals surface area contributed by atoms with Gasteiger partial charge in [0.2, 0.25) is 0 Å². The molecule has 1 aliphatic rings. The van der Waals surface area contributed by atoms with Gasteiger partial charge >= 0.3 is 6.03 Å². The van der Waals surface area contributed by atoms with E-state index in [0.717, 1.165) is 44.4 Å². The monoisotopic (exact) mass is 373 g/mol. The van der Waals surface area contributed by atoms with Crippen LogP contribution in [0, 0.1) is 6.92 Å². The van der Waals surface area contributed by atoms with Gasteiger partial charge in [-0.15, -0.1) is 11.3 Å². The number of nitrogens with zero attached hydrogens (tertiary/aromatic N) is 4. The second kappa shape index (κ2) is 8.89.